The monoisotopic (exact) mass is 299 g/mol. The molecule has 0 spiro atoms. The molecule has 0 aliphatic rings. The first-order chi connectivity index (χ1) is 8.90. The molecule has 4 nitrogen and oxygen atoms in total. The van der Waals surface area contributed by atoms with Gasteiger partial charge >= 0.3 is 0 Å². The van der Waals surface area contributed by atoms with Crippen molar-refractivity contribution in [3.63, 3.8) is 0 Å². The maximum Gasteiger partial charge on any atom is 0.221 e. The molecule has 0 radical (unpaired) electrons. The molecule has 6 heteroatoms. The van der Waals surface area contributed by atoms with Crippen LogP contribution in [0.3, 0.4) is 0 Å². The van der Waals surface area contributed by atoms with E-state index < -0.39 is 0 Å². The van der Waals surface area contributed by atoms with Gasteiger partial charge in [-0.15, -0.1) is 0 Å². The van der Waals surface area contributed by atoms with E-state index in [1.54, 1.807) is 12.1 Å². The second kappa shape index (κ2) is 7.31. The molecule has 0 saturated carbocycles. The zero-order valence-electron chi connectivity index (χ0n) is 11.0. The number of hydrogen-bond donors (Lipinski definition) is 3. The van der Waals surface area contributed by atoms with Crippen LogP contribution in [0.15, 0.2) is 18.2 Å². The van der Waals surface area contributed by atoms with Gasteiger partial charge in [-0.1, -0.05) is 23.8 Å². The molecule has 1 amide bonds. The van der Waals surface area contributed by atoms with Crippen LogP contribution in [-0.2, 0) is 4.79 Å². The van der Waals surface area contributed by atoms with Crippen molar-refractivity contribution in [3.8, 4) is 0 Å². The fraction of sp³-hybridized carbons (Fsp3) is 0.385. The van der Waals surface area contributed by atoms with Crippen molar-refractivity contribution in [1.82, 2.24) is 5.32 Å². The molecule has 19 heavy (non-hydrogen) atoms. The number of nitrogens with one attached hydrogen (secondary N) is 2. The SMILES string of the molecule is CC(C)NC(=O)CCNc1ccc(C(N)=S)c(Cl)c1. The lowest BCUT2D eigenvalue weighted by Crippen LogP contribution is -2.31. The molecule has 0 unspecified atom stereocenters. The quantitative estimate of drug-likeness (QED) is 0.705. The number of rotatable bonds is 6. The minimum atomic E-state index is 0.0216. The van der Waals surface area contributed by atoms with Gasteiger partial charge in [0.15, 0.2) is 0 Å². The van der Waals surface area contributed by atoms with Crippen LogP contribution in [0.25, 0.3) is 0 Å². The predicted molar refractivity (Wildman–Crippen MR) is 83.7 cm³/mol. The van der Waals surface area contributed by atoms with E-state index in [2.05, 4.69) is 10.6 Å². The number of amides is 1. The molecular weight excluding hydrogens is 282 g/mol. The van der Waals surface area contributed by atoms with E-state index >= 15 is 0 Å². The highest BCUT2D eigenvalue weighted by molar-refractivity contribution is 7.80. The predicted octanol–water partition coefficient (Wildman–Crippen LogP) is 2.30. The minimum absolute atomic E-state index is 0.0216. The topological polar surface area (TPSA) is 67.2 Å². The highest BCUT2D eigenvalue weighted by Crippen LogP contribution is 2.20. The third-order valence-corrected chi connectivity index (χ3v) is 2.90. The molecule has 1 aromatic carbocycles. The van der Waals surface area contributed by atoms with Crippen LogP contribution >= 0.6 is 23.8 Å². The summed E-state index contributed by atoms with van der Waals surface area (Å²) in [5.74, 6) is 0.0216. The van der Waals surface area contributed by atoms with Gasteiger partial charge in [-0.05, 0) is 32.0 Å². The smallest absolute Gasteiger partial charge is 0.221 e. The molecule has 104 valence electrons. The van der Waals surface area contributed by atoms with Crippen LogP contribution in [0.5, 0.6) is 0 Å². The second-order valence-electron chi connectivity index (χ2n) is 4.46. The molecule has 0 aliphatic heterocycles. The van der Waals surface area contributed by atoms with E-state index in [1.165, 1.54) is 0 Å². The van der Waals surface area contributed by atoms with Crippen LogP contribution in [-0.4, -0.2) is 23.5 Å². The Balaban J connectivity index is 2.48. The second-order valence-corrected chi connectivity index (χ2v) is 5.30. The average molecular weight is 300 g/mol. The summed E-state index contributed by atoms with van der Waals surface area (Å²) in [4.78, 5) is 11.7. The number of carbonyl (C=O) groups excluding carboxylic acids is 1. The largest absolute Gasteiger partial charge is 0.389 e. The molecule has 0 saturated heterocycles. The van der Waals surface area contributed by atoms with Gasteiger partial charge in [0.1, 0.15) is 4.99 Å². The third kappa shape index (κ3) is 5.44. The lowest BCUT2D eigenvalue weighted by atomic mass is 10.2. The van der Waals surface area contributed by atoms with Crippen molar-refractivity contribution < 1.29 is 4.79 Å². The first-order valence-electron chi connectivity index (χ1n) is 6.02. The summed E-state index contributed by atoms with van der Waals surface area (Å²) in [5, 5.41) is 6.46. The van der Waals surface area contributed by atoms with Crippen molar-refractivity contribution in [3.05, 3.63) is 28.8 Å². The van der Waals surface area contributed by atoms with Gasteiger partial charge in [0.05, 0.1) is 5.02 Å². The average Bonchev–Trinajstić information content (AvgIpc) is 2.27. The van der Waals surface area contributed by atoms with Crippen LogP contribution in [0.2, 0.25) is 5.02 Å². The van der Waals surface area contributed by atoms with E-state index in [0.29, 0.717) is 23.6 Å². The Morgan fingerprint density at radius 2 is 2.16 bits per heavy atom. The molecule has 0 fully saturated rings. The summed E-state index contributed by atoms with van der Waals surface area (Å²) in [6.45, 7) is 4.40. The fourth-order valence-corrected chi connectivity index (χ4v) is 2.06. The first kappa shape index (κ1) is 15.7. The summed E-state index contributed by atoms with van der Waals surface area (Å²) in [6, 6.07) is 5.50. The lowest BCUT2D eigenvalue weighted by molar-refractivity contribution is -0.121. The van der Waals surface area contributed by atoms with Crippen molar-refractivity contribution >= 4 is 40.4 Å². The summed E-state index contributed by atoms with van der Waals surface area (Å²) in [6.07, 6.45) is 0.410. The van der Waals surface area contributed by atoms with Gasteiger partial charge in [-0.25, -0.2) is 0 Å². The molecule has 0 aliphatic carbocycles. The van der Waals surface area contributed by atoms with Crippen LogP contribution in [0.4, 0.5) is 5.69 Å². The van der Waals surface area contributed by atoms with Crippen molar-refractivity contribution in [2.45, 2.75) is 26.3 Å². The zero-order chi connectivity index (χ0) is 14.4. The third-order valence-electron chi connectivity index (χ3n) is 2.37. The summed E-state index contributed by atoms with van der Waals surface area (Å²) in [7, 11) is 0. The van der Waals surface area contributed by atoms with Crippen LogP contribution in [0.1, 0.15) is 25.8 Å². The van der Waals surface area contributed by atoms with E-state index in [-0.39, 0.29) is 16.9 Å². The van der Waals surface area contributed by atoms with Gasteiger partial charge in [0.25, 0.3) is 0 Å². The Hall–Kier alpha value is -1.33. The number of hydrogen-bond acceptors (Lipinski definition) is 3. The van der Waals surface area contributed by atoms with Crippen molar-refractivity contribution in [1.29, 1.82) is 0 Å². The van der Waals surface area contributed by atoms with E-state index in [4.69, 9.17) is 29.6 Å². The fourth-order valence-electron chi connectivity index (χ4n) is 1.54. The number of carbonyl (C=O) groups is 1. The summed E-state index contributed by atoms with van der Waals surface area (Å²) in [5.41, 5.74) is 7.01. The molecule has 0 atom stereocenters. The summed E-state index contributed by atoms with van der Waals surface area (Å²) >= 11 is 10.9. The molecule has 1 aromatic rings. The number of halogens is 1. The van der Waals surface area contributed by atoms with Gasteiger partial charge in [-0.3, -0.25) is 4.79 Å². The molecule has 0 heterocycles. The van der Waals surface area contributed by atoms with E-state index in [9.17, 15) is 4.79 Å². The zero-order valence-corrected chi connectivity index (χ0v) is 12.6. The van der Waals surface area contributed by atoms with Gasteiger partial charge in [0, 0.05) is 30.3 Å². The Labute approximate surface area is 123 Å². The maximum absolute atomic E-state index is 11.4. The molecular formula is C13H18ClN3OS. The van der Waals surface area contributed by atoms with Gasteiger partial charge in [0.2, 0.25) is 5.91 Å². The minimum Gasteiger partial charge on any atom is -0.389 e. The van der Waals surface area contributed by atoms with Gasteiger partial charge in [-0.2, -0.15) is 0 Å². The van der Waals surface area contributed by atoms with Crippen molar-refractivity contribution in [2.24, 2.45) is 5.73 Å². The number of nitrogens with two attached hydrogens (primary N) is 1. The Bertz CT molecular complexity index is 477. The summed E-state index contributed by atoms with van der Waals surface area (Å²) < 4.78 is 0. The molecule has 1 rings (SSSR count). The number of benzene rings is 1. The molecule has 0 aromatic heterocycles. The normalized spacial score (nSPS) is 10.3. The van der Waals surface area contributed by atoms with E-state index in [0.717, 1.165) is 5.69 Å². The maximum atomic E-state index is 11.4. The van der Waals surface area contributed by atoms with Crippen molar-refractivity contribution in [2.75, 3.05) is 11.9 Å². The number of thiocarbonyl (C=S) groups is 1. The Kier molecular flexibility index (Phi) is 6.05. The van der Waals surface area contributed by atoms with Gasteiger partial charge < -0.3 is 16.4 Å². The highest BCUT2D eigenvalue weighted by Gasteiger charge is 2.05. The Morgan fingerprint density at radius 3 is 2.68 bits per heavy atom. The standard InChI is InChI=1S/C13H18ClN3OS/c1-8(2)17-12(18)5-6-16-9-3-4-10(13(15)19)11(14)7-9/h3-4,7-8,16H,5-6H2,1-2H3,(H2,15,19)(H,17,18). The van der Waals surface area contributed by atoms with Crippen LogP contribution in [0, 0.1) is 0 Å². The Morgan fingerprint density at radius 1 is 1.47 bits per heavy atom. The highest BCUT2D eigenvalue weighted by atomic mass is 35.5. The lowest BCUT2D eigenvalue weighted by Gasteiger charge is -2.10. The van der Waals surface area contributed by atoms with Crippen LogP contribution < -0.4 is 16.4 Å². The molecule has 0 bridgehead atoms. The number of anilines is 1. The molecule has 4 N–H and O–H groups in total. The first-order valence-corrected chi connectivity index (χ1v) is 6.81. The van der Waals surface area contributed by atoms with E-state index in [1.807, 2.05) is 19.9 Å².